The highest BCUT2D eigenvalue weighted by Crippen LogP contribution is 2.00. The summed E-state index contributed by atoms with van der Waals surface area (Å²) in [6.07, 6.45) is -0.954. The number of hydrogen-bond acceptors (Lipinski definition) is 5. The Hall–Kier alpha value is -0.480. The maximum absolute atomic E-state index is 10.8. The second kappa shape index (κ2) is 6.97. The predicted octanol–water partition coefficient (Wildman–Crippen LogP) is -0.648. The van der Waals surface area contributed by atoms with E-state index in [0.29, 0.717) is 0 Å². The summed E-state index contributed by atoms with van der Waals surface area (Å²) < 4.78 is 8.99. The van der Waals surface area contributed by atoms with Crippen molar-refractivity contribution in [2.45, 2.75) is 13.0 Å². The van der Waals surface area contributed by atoms with Crippen molar-refractivity contribution in [1.82, 2.24) is 0 Å². The zero-order valence-electron chi connectivity index (χ0n) is 7.28. The third-order valence-electron chi connectivity index (χ3n) is 1.09. The van der Waals surface area contributed by atoms with Gasteiger partial charge < -0.3 is 19.3 Å². The van der Waals surface area contributed by atoms with E-state index in [1.807, 2.05) is 0 Å². The number of ether oxygens (including phenoxy) is 1. The molecule has 2 unspecified atom stereocenters. The van der Waals surface area contributed by atoms with Gasteiger partial charge in [0.15, 0.2) is 0 Å². The van der Waals surface area contributed by atoms with Gasteiger partial charge in [0.1, 0.15) is 12.7 Å². The molecule has 0 rings (SSSR count). The number of aliphatic hydroxyl groups is 1. The smallest absolute Gasteiger partial charge is 0.333 e. The van der Waals surface area contributed by atoms with Gasteiger partial charge in [0, 0.05) is 5.57 Å². The Morgan fingerprint density at radius 1 is 1.69 bits per heavy atom. The van der Waals surface area contributed by atoms with Gasteiger partial charge in [-0.1, -0.05) is 15.6 Å². The zero-order chi connectivity index (χ0) is 10.3. The predicted molar refractivity (Wildman–Crippen MR) is 46.0 cm³/mol. The van der Waals surface area contributed by atoms with Gasteiger partial charge in [0.05, 0.1) is 6.61 Å². The molecular weight excluding hydrogens is 195 g/mol. The molecule has 0 aliphatic carbocycles. The Balaban J connectivity index is 3.51. The monoisotopic (exact) mass is 207 g/mol. The quantitative estimate of drug-likeness (QED) is 0.356. The van der Waals surface area contributed by atoms with Crippen LogP contribution < -0.4 is 4.89 Å². The highest BCUT2D eigenvalue weighted by atomic mass is 31.1. The molecule has 2 atom stereocenters. The summed E-state index contributed by atoms with van der Waals surface area (Å²) in [5, 5.41) is 9.04. The fourth-order valence-corrected chi connectivity index (χ4v) is 0.734. The summed E-state index contributed by atoms with van der Waals surface area (Å²) in [7, 11) is -0.923. The first kappa shape index (κ1) is 12.5. The van der Waals surface area contributed by atoms with Gasteiger partial charge in [-0.2, -0.15) is 0 Å². The lowest BCUT2D eigenvalue weighted by Crippen LogP contribution is -2.23. The first-order valence-corrected chi connectivity index (χ1v) is 4.39. The number of carbonyl (C=O) groups excluding carboxylic acids is 1. The first-order valence-electron chi connectivity index (χ1n) is 3.57. The van der Waals surface area contributed by atoms with E-state index in [1.54, 1.807) is 0 Å². The van der Waals surface area contributed by atoms with Crippen LogP contribution in [0.4, 0.5) is 0 Å². The molecule has 6 heteroatoms. The molecular formula is C7H12O5P-. The molecule has 0 aromatic rings. The standard InChI is InChI=1S/C7H12O5P/c1-5(2)7(9)11-3-6(8)4-12-13-10/h6,8,13H,1,3-4H2,2H3/q-1. The molecule has 0 spiro atoms. The van der Waals surface area contributed by atoms with E-state index >= 15 is 0 Å². The lowest BCUT2D eigenvalue weighted by atomic mass is 10.3. The summed E-state index contributed by atoms with van der Waals surface area (Å²) in [6.45, 7) is 4.56. The van der Waals surface area contributed by atoms with Crippen LogP contribution in [0.2, 0.25) is 0 Å². The number of rotatable bonds is 6. The molecule has 0 aromatic heterocycles. The van der Waals surface area contributed by atoms with Gasteiger partial charge in [-0.05, 0) is 6.92 Å². The molecule has 0 aliphatic heterocycles. The van der Waals surface area contributed by atoms with E-state index < -0.39 is 21.1 Å². The molecule has 0 saturated heterocycles. The van der Waals surface area contributed by atoms with Gasteiger partial charge in [-0.3, -0.25) is 0 Å². The summed E-state index contributed by atoms with van der Waals surface area (Å²) in [6, 6.07) is 0. The SMILES string of the molecule is C=C(C)C(=O)OCC(O)COP[O-]. The summed E-state index contributed by atoms with van der Waals surface area (Å²) >= 11 is 0. The Bertz CT molecular complexity index is 182. The maximum Gasteiger partial charge on any atom is 0.333 e. The molecule has 1 N–H and O–H groups in total. The molecule has 5 nitrogen and oxygen atoms in total. The Kier molecular flexibility index (Phi) is 6.72. The molecule has 0 aromatic carbocycles. The average molecular weight is 207 g/mol. The van der Waals surface area contributed by atoms with E-state index in [0.717, 1.165) is 0 Å². The van der Waals surface area contributed by atoms with Crippen LogP contribution in [0.1, 0.15) is 6.92 Å². The average Bonchev–Trinajstić information content (AvgIpc) is 2.10. The minimum absolute atomic E-state index is 0.120. The van der Waals surface area contributed by atoms with Gasteiger partial charge >= 0.3 is 5.97 Å². The van der Waals surface area contributed by atoms with Crippen LogP contribution in [0.15, 0.2) is 12.2 Å². The van der Waals surface area contributed by atoms with Crippen molar-refractivity contribution in [2.75, 3.05) is 13.2 Å². The van der Waals surface area contributed by atoms with E-state index in [4.69, 9.17) is 5.11 Å². The molecule has 13 heavy (non-hydrogen) atoms. The molecule has 0 saturated carbocycles. The summed E-state index contributed by atoms with van der Waals surface area (Å²) in [5.41, 5.74) is 0.263. The van der Waals surface area contributed by atoms with Crippen LogP contribution >= 0.6 is 9.03 Å². The second-order valence-corrected chi connectivity index (χ2v) is 2.88. The third kappa shape index (κ3) is 6.66. The minimum Gasteiger partial charge on any atom is -0.810 e. The zero-order valence-corrected chi connectivity index (χ0v) is 8.28. The van der Waals surface area contributed by atoms with Crippen molar-refractivity contribution in [3.05, 3.63) is 12.2 Å². The van der Waals surface area contributed by atoms with Crippen molar-refractivity contribution in [3.63, 3.8) is 0 Å². The normalized spacial score (nSPS) is 13.2. The lowest BCUT2D eigenvalue weighted by Gasteiger charge is -2.12. The number of carbonyl (C=O) groups is 1. The highest BCUT2D eigenvalue weighted by Gasteiger charge is 2.08. The van der Waals surface area contributed by atoms with Gasteiger partial charge in [0.25, 0.3) is 0 Å². The Labute approximate surface area is 78.3 Å². The van der Waals surface area contributed by atoms with Crippen molar-refractivity contribution in [2.24, 2.45) is 0 Å². The van der Waals surface area contributed by atoms with Crippen LogP contribution in [0, 0.1) is 0 Å². The second-order valence-electron chi connectivity index (χ2n) is 2.43. The van der Waals surface area contributed by atoms with E-state index in [2.05, 4.69) is 15.8 Å². The number of hydrogen-bond donors (Lipinski definition) is 1. The van der Waals surface area contributed by atoms with Crippen LogP contribution in [0.5, 0.6) is 0 Å². The molecule has 0 bridgehead atoms. The number of esters is 1. The molecule has 0 amide bonds. The Morgan fingerprint density at radius 2 is 2.31 bits per heavy atom. The van der Waals surface area contributed by atoms with Gasteiger partial charge in [0.2, 0.25) is 0 Å². The van der Waals surface area contributed by atoms with Crippen LogP contribution in [-0.4, -0.2) is 30.4 Å². The highest BCUT2D eigenvalue weighted by molar-refractivity contribution is 7.23. The van der Waals surface area contributed by atoms with Crippen molar-refractivity contribution in [3.8, 4) is 0 Å². The van der Waals surface area contributed by atoms with Gasteiger partial charge in [-0.15, -0.1) is 0 Å². The number of aliphatic hydroxyl groups excluding tert-OH is 1. The van der Waals surface area contributed by atoms with Gasteiger partial charge in [-0.25, -0.2) is 4.79 Å². The maximum atomic E-state index is 10.8. The topological polar surface area (TPSA) is 78.8 Å². The fourth-order valence-electron chi connectivity index (χ4n) is 0.473. The minimum atomic E-state index is -0.954. The van der Waals surface area contributed by atoms with E-state index in [1.165, 1.54) is 6.92 Å². The molecule has 76 valence electrons. The van der Waals surface area contributed by atoms with Crippen LogP contribution in [0.3, 0.4) is 0 Å². The fraction of sp³-hybridized carbons (Fsp3) is 0.571. The molecule has 0 aliphatic rings. The summed E-state index contributed by atoms with van der Waals surface area (Å²) in [4.78, 5) is 20.6. The molecule has 0 radical (unpaired) electrons. The first-order chi connectivity index (χ1) is 6.07. The van der Waals surface area contributed by atoms with E-state index in [9.17, 15) is 9.69 Å². The summed E-state index contributed by atoms with van der Waals surface area (Å²) in [5.74, 6) is -0.566. The van der Waals surface area contributed by atoms with Crippen molar-refractivity contribution in [1.29, 1.82) is 0 Å². The van der Waals surface area contributed by atoms with Crippen LogP contribution in [-0.2, 0) is 14.1 Å². The van der Waals surface area contributed by atoms with Crippen molar-refractivity contribution < 1.29 is 24.1 Å². The molecule has 0 fully saturated rings. The van der Waals surface area contributed by atoms with Crippen LogP contribution in [0.25, 0.3) is 0 Å². The van der Waals surface area contributed by atoms with Crippen molar-refractivity contribution >= 4 is 15.0 Å². The lowest BCUT2D eigenvalue weighted by molar-refractivity contribution is -0.171. The molecule has 0 heterocycles. The Morgan fingerprint density at radius 3 is 2.77 bits per heavy atom. The third-order valence-corrected chi connectivity index (χ3v) is 1.37. The van der Waals surface area contributed by atoms with E-state index in [-0.39, 0.29) is 18.8 Å². The largest absolute Gasteiger partial charge is 0.810 e.